The van der Waals surface area contributed by atoms with Gasteiger partial charge in [-0.05, 0) is 19.3 Å². The number of hydrogen-bond donors (Lipinski definition) is 2. The zero-order valence-electron chi connectivity index (χ0n) is 11.3. The van der Waals surface area contributed by atoms with Crippen LogP contribution in [0.1, 0.15) is 39.0 Å². The molecule has 0 aromatic carbocycles. The van der Waals surface area contributed by atoms with Gasteiger partial charge < -0.3 is 5.73 Å². The second-order valence-electron chi connectivity index (χ2n) is 5.07. The Morgan fingerprint density at radius 3 is 2.74 bits per heavy atom. The molecule has 108 valence electrons. The highest BCUT2D eigenvalue weighted by Gasteiger charge is 2.21. The van der Waals surface area contributed by atoms with Crippen LogP contribution in [0, 0.1) is 5.92 Å². The number of nitrogens with two attached hydrogens (primary N) is 1. The smallest absolute Gasteiger partial charge is 0.245 e. The fourth-order valence-electron chi connectivity index (χ4n) is 2.56. The van der Waals surface area contributed by atoms with E-state index in [4.69, 9.17) is 5.73 Å². The minimum Gasteiger partial charge on any atom is -0.381 e. The maximum Gasteiger partial charge on any atom is 0.245 e. The van der Waals surface area contributed by atoms with Crippen LogP contribution in [0.2, 0.25) is 0 Å². The van der Waals surface area contributed by atoms with Gasteiger partial charge in [-0.3, -0.25) is 4.68 Å². The van der Waals surface area contributed by atoms with Crippen LogP contribution < -0.4 is 10.5 Å². The van der Waals surface area contributed by atoms with Crippen molar-refractivity contribution in [2.75, 3.05) is 12.3 Å². The van der Waals surface area contributed by atoms with Crippen molar-refractivity contribution in [3.05, 3.63) is 6.20 Å². The van der Waals surface area contributed by atoms with Crippen LogP contribution in [0.15, 0.2) is 11.1 Å². The standard InChI is InChI=1S/C12H22N4O2S/c1-2-16-9-11(12(13)15-16)19(17,18)14-8-7-10-5-3-4-6-10/h9-10,14H,2-8H2,1H3,(H2,13,15). The zero-order valence-corrected chi connectivity index (χ0v) is 12.1. The molecule has 2 rings (SSSR count). The average Bonchev–Trinajstić information content (AvgIpc) is 2.98. The van der Waals surface area contributed by atoms with Gasteiger partial charge in [-0.1, -0.05) is 25.7 Å². The van der Waals surface area contributed by atoms with Crippen molar-refractivity contribution in [2.45, 2.75) is 50.5 Å². The van der Waals surface area contributed by atoms with Crippen LogP contribution in [0.25, 0.3) is 0 Å². The Balaban J connectivity index is 1.95. The highest BCUT2D eigenvalue weighted by Crippen LogP contribution is 2.27. The molecule has 1 saturated carbocycles. The summed E-state index contributed by atoms with van der Waals surface area (Å²) in [5.74, 6) is 0.730. The van der Waals surface area contributed by atoms with Gasteiger partial charge >= 0.3 is 0 Å². The van der Waals surface area contributed by atoms with E-state index < -0.39 is 10.0 Å². The summed E-state index contributed by atoms with van der Waals surface area (Å²) in [7, 11) is -3.53. The van der Waals surface area contributed by atoms with Crippen molar-refractivity contribution in [1.82, 2.24) is 14.5 Å². The van der Waals surface area contributed by atoms with E-state index in [1.807, 2.05) is 6.92 Å². The minimum absolute atomic E-state index is 0.0650. The Morgan fingerprint density at radius 1 is 1.47 bits per heavy atom. The van der Waals surface area contributed by atoms with E-state index in [0.29, 0.717) is 19.0 Å². The second-order valence-corrected chi connectivity index (χ2v) is 6.81. The molecule has 0 saturated heterocycles. The first kappa shape index (κ1) is 14.3. The molecule has 0 atom stereocenters. The normalized spacial score (nSPS) is 17.1. The first-order valence-corrected chi connectivity index (χ1v) is 8.34. The zero-order chi connectivity index (χ0) is 13.9. The lowest BCUT2D eigenvalue weighted by atomic mass is 10.1. The molecule has 0 bridgehead atoms. The van der Waals surface area contributed by atoms with Crippen molar-refractivity contribution in [2.24, 2.45) is 5.92 Å². The lowest BCUT2D eigenvalue weighted by Gasteiger charge is -2.09. The Bertz CT molecular complexity index is 518. The van der Waals surface area contributed by atoms with Gasteiger partial charge in [0.25, 0.3) is 0 Å². The number of nitrogens with zero attached hydrogens (tertiary/aromatic N) is 2. The number of anilines is 1. The molecule has 0 amide bonds. The van der Waals surface area contributed by atoms with E-state index >= 15 is 0 Å². The minimum atomic E-state index is -3.53. The van der Waals surface area contributed by atoms with Crippen LogP contribution >= 0.6 is 0 Å². The predicted molar refractivity (Wildman–Crippen MR) is 74.1 cm³/mol. The molecule has 0 radical (unpaired) electrons. The molecular formula is C12H22N4O2S. The third-order valence-electron chi connectivity index (χ3n) is 3.69. The van der Waals surface area contributed by atoms with Gasteiger partial charge in [-0.25, -0.2) is 13.1 Å². The van der Waals surface area contributed by atoms with Crippen LogP contribution in [0.3, 0.4) is 0 Å². The predicted octanol–water partition coefficient (Wildman–Crippen LogP) is 1.34. The molecular weight excluding hydrogens is 264 g/mol. The van der Waals surface area contributed by atoms with Crippen molar-refractivity contribution < 1.29 is 8.42 Å². The quantitative estimate of drug-likeness (QED) is 0.826. The fraction of sp³-hybridized carbons (Fsp3) is 0.750. The number of nitrogen functional groups attached to an aromatic ring is 1. The van der Waals surface area contributed by atoms with E-state index in [-0.39, 0.29) is 10.7 Å². The molecule has 19 heavy (non-hydrogen) atoms. The molecule has 1 aromatic heterocycles. The Kier molecular flexibility index (Phi) is 4.46. The van der Waals surface area contributed by atoms with Gasteiger partial charge in [0.05, 0.1) is 0 Å². The van der Waals surface area contributed by atoms with E-state index in [1.165, 1.54) is 36.6 Å². The first-order chi connectivity index (χ1) is 9.03. The maximum absolute atomic E-state index is 12.1. The summed E-state index contributed by atoms with van der Waals surface area (Å²) in [6.45, 7) is 2.96. The van der Waals surface area contributed by atoms with E-state index in [2.05, 4.69) is 9.82 Å². The van der Waals surface area contributed by atoms with Gasteiger partial charge in [-0.2, -0.15) is 5.10 Å². The lowest BCUT2D eigenvalue weighted by molar-refractivity contribution is 0.495. The third-order valence-corrected chi connectivity index (χ3v) is 5.17. The summed E-state index contributed by atoms with van der Waals surface area (Å²) < 4.78 is 28.4. The van der Waals surface area contributed by atoms with Crippen molar-refractivity contribution in [3.8, 4) is 0 Å². The monoisotopic (exact) mass is 286 g/mol. The van der Waals surface area contributed by atoms with Gasteiger partial charge in [0.1, 0.15) is 4.90 Å². The summed E-state index contributed by atoms with van der Waals surface area (Å²) in [5, 5.41) is 3.96. The third kappa shape index (κ3) is 3.48. The number of rotatable bonds is 6. The number of hydrogen-bond acceptors (Lipinski definition) is 4. The summed E-state index contributed by atoms with van der Waals surface area (Å²) >= 11 is 0. The van der Waals surface area contributed by atoms with Crippen molar-refractivity contribution in [3.63, 3.8) is 0 Å². The lowest BCUT2D eigenvalue weighted by Crippen LogP contribution is -2.26. The Labute approximate surface area is 114 Å². The molecule has 1 fully saturated rings. The summed E-state index contributed by atoms with van der Waals surface area (Å²) in [6, 6.07) is 0. The Morgan fingerprint density at radius 2 is 2.16 bits per heavy atom. The topological polar surface area (TPSA) is 90.0 Å². The van der Waals surface area contributed by atoms with Gasteiger partial charge in [0.2, 0.25) is 10.0 Å². The number of nitrogens with one attached hydrogen (secondary N) is 1. The molecule has 3 N–H and O–H groups in total. The molecule has 0 unspecified atom stereocenters. The molecule has 1 heterocycles. The summed E-state index contributed by atoms with van der Waals surface area (Å²) in [6.07, 6.45) is 7.37. The molecule has 1 aliphatic rings. The Hall–Kier alpha value is -1.08. The van der Waals surface area contributed by atoms with Crippen LogP contribution in [0.4, 0.5) is 5.82 Å². The second kappa shape index (κ2) is 5.92. The fourth-order valence-corrected chi connectivity index (χ4v) is 3.68. The van der Waals surface area contributed by atoms with Crippen LogP contribution in [0.5, 0.6) is 0 Å². The number of sulfonamides is 1. The van der Waals surface area contributed by atoms with E-state index in [9.17, 15) is 8.42 Å². The summed E-state index contributed by atoms with van der Waals surface area (Å²) in [5.41, 5.74) is 5.65. The van der Waals surface area contributed by atoms with Gasteiger partial charge in [0.15, 0.2) is 5.82 Å². The SMILES string of the molecule is CCn1cc(S(=O)(=O)NCCC2CCCC2)c(N)n1. The summed E-state index contributed by atoms with van der Waals surface area (Å²) in [4.78, 5) is 0.0840. The number of aromatic nitrogens is 2. The molecule has 0 spiro atoms. The molecule has 0 aliphatic heterocycles. The van der Waals surface area contributed by atoms with Crippen LogP contribution in [-0.2, 0) is 16.6 Å². The van der Waals surface area contributed by atoms with Gasteiger partial charge in [-0.15, -0.1) is 0 Å². The first-order valence-electron chi connectivity index (χ1n) is 6.85. The molecule has 7 heteroatoms. The largest absolute Gasteiger partial charge is 0.381 e. The molecule has 6 nitrogen and oxygen atoms in total. The van der Waals surface area contributed by atoms with Crippen LogP contribution in [-0.4, -0.2) is 24.7 Å². The molecule has 1 aromatic rings. The van der Waals surface area contributed by atoms with E-state index in [1.54, 1.807) is 0 Å². The highest BCUT2D eigenvalue weighted by atomic mass is 32.2. The van der Waals surface area contributed by atoms with Crippen molar-refractivity contribution in [1.29, 1.82) is 0 Å². The number of aryl methyl sites for hydroxylation is 1. The maximum atomic E-state index is 12.1. The highest BCUT2D eigenvalue weighted by molar-refractivity contribution is 7.89. The molecule has 1 aliphatic carbocycles. The van der Waals surface area contributed by atoms with E-state index in [0.717, 1.165) is 6.42 Å². The van der Waals surface area contributed by atoms with Gasteiger partial charge in [0, 0.05) is 19.3 Å². The van der Waals surface area contributed by atoms with Crippen molar-refractivity contribution >= 4 is 15.8 Å². The average molecular weight is 286 g/mol.